The third-order valence-electron chi connectivity index (χ3n) is 3.63. The molecule has 6 heteroatoms. The molecule has 0 aliphatic heterocycles. The number of hydrogen-bond donors (Lipinski definition) is 1. The Morgan fingerprint density at radius 1 is 1.24 bits per heavy atom. The van der Waals surface area contributed by atoms with Crippen LogP contribution in [-0.2, 0) is 4.79 Å². The Morgan fingerprint density at radius 3 is 2.68 bits per heavy atom. The van der Waals surface area contributed by atoms with Crippen LogP contribution in [-0.4, -0.2) is 24.8 Å². The van der Waals surface area contributed by atoms with Crippen molar-refractivity contribution in [2.24, 2.45) is 5.10 Å². The minimum Gasteiger partial charge on any atom is -0.497 e. The third-order valence-corrected chi connectivity index (χ3v) is 3.87. The molecule has 0 aliphatic rings. The molecule has 1 amide bonds. The fraction of sp³-hybridized carbons (Fsp3) is 0.263. The van der Waals surface area contributed by atoms with Crippen molar-refractivity contribution in [1.82, 2.24) is 5.43 Å². The van der Waals surface area contributed by atoms with Gasteiger partial charge in [-0.1, -0.05) is 23.7 Å². The van der Waals surface area contributed by atoms with Gasteiger partial charge in [0.2, 0.25) is 0 Å². The van der Waals surface area contributed by atoms with E-state index in [0.717, 1.165) is 16.9 Å². The van der Waals surface area contributed by atoms with Gasteiger partial charge in [-0.05, 0) is 56.7 Å². The van der Waals surface area contributed by atoms with E-state index in [2.05, 4.69) is 10.5 Å². The molecule has 0 radical (unpaired) electrons. The maximum Gasteiger partial charge on any atom is 0.280 e. The average Bonchev–Trinajstić information content (AvgIpc) is 2.61. The van der Waals surface area contributed by atoms with Gasteiger partial charge in [0.25, 0.3) is 5.91 Å². The summed E-state index contributed by atoms with van der Waals surface area (Å²) in [5, 5.41) is 4.75. The van der Waals surface area contributed by atoms with Gasteiger partial charge < -0.3 is 9.47 Å². The Hall–Kier alpha value is -2.53. The lowest BCUT2D eigenvalue weighted by Gasteiger charge is -2.15. The molecule has 1 N–H and O–H groups in total. The molecule has 0 saturated heterocycles. The summed E-state index contributed by atoms with van der Waals surface area (Å²) in [6, 6.07) is 12.7. The zero-order valence-corrected chi connectivity index (χ0v) is 15.4. The summed E-state index contributed by atoms with van der Waals surface area (Å²) in [4.78, 5) is 12.2. The highest BCUT2D eigenvalue weighted by Gasteiger charge is 2.15. The van der Waals surface area contributed by atoms with Crippen LogP contribution in [0.3, 0.4) is 0 Å². The first-order valence-corrected chi connectivity index (χ1v) is 8.20. The van der Waals surface area contributed by atoms with Gasteiger partial charge in [-0.2, -0.15) is 5.10 Å². The van der Waals surface area contributed by atoms with E-state index in [4.69, 9.17) is 21.1 Å². The smallest absolute Gasteiger partial charge is 0.280 e. The Morgan fingerprint density at radius 2 is 2.00 bits per heavy atom. The van der Waals surface area contributed by atoms with E-state index in [-0.39, 0.29) is 5.91 Å². The van der Waals surface area contributed by atoms with Crippen LogP contribution in [0.4, 0.5) is 0 Å². The summed E-state index contributed by atoms with van der Waals surface area (Å²) in [6.45, 7) is 5.35. The summed E-state index contributed by atoms with van der Waals surface area (Å²) >= 11 is 5.92. The van der Waals surface area contributed by atoms with Crippen molar-refractivity contribution in [3.05, 3.63) is 58.6 Å². The molecular weight excluding hydrogens is 340 g/mol. The summed E-state index contributed by atoms with van der Waals surface area (Å²) in [5.74, 6) is 1.01. The number of halogens is 1. The molecule has 1 unspecified atom stereocenters. The van der Waals surface area contributed by atoms with Gasteiger partial charge >= 0.3 is 0 Å². The van der Waals surface area contributed by atoms with E-state index < -0.39 is 6.10 Å². The minimum atomic E-state index is -0.693. The molecule has 0 aliphatic carbocycles. The molecule has 2 rings (SSSR count). The van der Waals surface area contributed by atoms with E-state index in [0.29, 0.717) is 16.5 Å². The van der Waals surface area contributed by atoms with Gasteiger partial charge in [-0.3, -0.25) is 4.79 Å². The lowest BCUT2D eigenvalue weighted by atomic mass is 10.1. The normalized spacial score (nSPS) is 12.4. The molecule has 2 aromatic carbocycles. The molecule has 0 saturated carbocycles. The highest BCUT2D eigenvalue weighted by Crippen LogP contribution is 2.22. The van der Waals surface area contributed by atoms with Crippen LogP contribution in [0, 0.1) is 6.92 Å². The van der Waals surface area contributed by atoms with Gasteiger partial charge in [-0.25, -0.2) is 5.43 Å². The minimum absolute atomic E-state index is 0.336. The molecular formula is C19H21ClN2O3. The lowest BCUT2D eigenvalue weighted by Crippen LogP contribution is -2.34. The third kappa shape index (κ3) is 5.22. The van der Waals surface area contributed by atoms with Crippen molar-refractivity contribution >= 4 is 23.2 Å². The van der Waals surface area contributed by atoms with Crippen LogP contribution in [0.1, 0.15) is 25.0 Å². The van der Waals surface area contributed by atoms with Crippen LogP contribution in [0.2, 0.25) is 5.02 Å². The SMILES string of the molecule is COc1cccc(/C(C)=N/NC(=O)C(C)Oc2ccc(Cl)cc2C)c1. The number of hydrazone groups is 1. The van der Waals surface area contributed by atoms with Gasteiger partial charge in [0.1, 0.15) is 11.5 Å². The standard InChI is InChI=1S/C19H21ClN2O3/c1-12-10-16(20)8-9-18(12)25-14(3)19(23)22-21-13(2)15-6-5-7-17(11-15)24-4/h5-11,14H,1-4H3,(H,22,23)/b21-13+. The Bertz CT molecular complexity index is 790. The quantitative estimate of drug-likeness (QED) is 0.626. The molecule has 0 spiro atoms. The second-order valence-corrected chi connectivity index (χ2v) is 6.01. The second-order valence-electron chi connectivity index (χ2n) is 5.58. The summed E-state index contributed by atoms with van der Waals surface area (Å²) < 4.78 is 10.9. The summed E-state index contributed by atoms with van der Waals surface area (Å²) in [6.07, 6.45) is -0.693. The van der Waals surface area contributed by atoms with Crippen molar-refractivity contribution in [3.8, 4) is 11.5 Å². The number of nitrogens with one attached hydrogen (secondary N) is 1. The summed E-state index contributed by atoms with van der Waals surface area (Å²) in [5.41, 5.74) is 4.92. The Balaban J connectivity index is 2.00. The first-order valence-electron chi connectivity index (χ1n) is 7.82. The number of benzene rings is 2. The predicted molar refractivity (Wildman–Crippen MR) is 99.6 cm³/mol. The maximum atomic E-state index is 12.2. The first kappa shape index (κ1) is 18.8. The number of carbonyl (C=O) groups is 1. The largest absolute Gasteiger partial charge is 0.497 e. The van der Waals surface area contributed by atoms with Crippen molar-refractivity contribution in [2.75, 3.05) is 7.11 Å². The van der Waals surface area contributed by atoms with Gasteiger partial charge in [0.05, 0.1) is 12.8 Å². The molecule has 132 valence electrons. The van der Waals surface area contributed by atoms with Crippen LogP contribution in [0.15, 0.2) is 47.6 Å². The highest BCUT2D eigenvalue weighted by molar-refractivity contribution is 6.30. The molecule has 0 fully saturated rings. The number of hydrogen-bond acceptors (Lipinski definition) is 4. The van der Waals surface area contributed by atoms with Crippen LogP contribution < -0.4 is 14.9 Å². The molecule has 0 aromatic heterocycles. The summed E-state index contributed by atoms with van der Waals surface area (Å²) in [7, 11) is 1.60. The number of amides is 1. The molecule has 2 aromatic rings. The van der Waals surface area contributed by atoms with Crippen molar-refractivity contribution in [2.45, 2.75) is 26.9 Å². The maximum absolute atomic E-state index is 12.2. The molecule has 25 heavy (non-hydrogen) atoms. The van der Waals surface area contributed by atoms with Crippen LogP contribution in [0.25, 0.3) is 0 Å². The zero-order chi connectivity index (χ0) is 18.4. The fourth-order valence-corrected chi connectivity index (χ4v) is 2.36. The zero-order valence-electron chi connectivity index (χ0n) is 14.7. The van der Waals surface area contributed by atoms with Gasteiger partial charge in [0, 0.05) is 10.6 Å². The molecule has 1 atom stereocenters. The number of aryl methyl sites for hydroxylation is 1. The van der Waals surface area contributed by atoms with E-state index in [1.54, 1.807) is 32.2 Å². The number of methoxy groups -OCH3 is 1. The first-order chi connectivity index (χ1) is 11.9. The van der Waals surface area contributed by atoms with Gasteiger partial charge in [0.15, 0.2) is 6.10 Å². The topological polar surface area (TPSA) is 59.9 Å². The molecule has 0 heterocycles. The predicted octanol–water partition coefficient (Wildman–Crippen LogP) is 3.96. The van der Waals surface area contributed by atoms with Crippen LogP contribution in [0.5, 0.6) is 11.5 Å². The fourth-order valence-electron chi connectivity index (χ4n) is 2.13. The van der Waals surface area contributed by atoms with E-state index in [9.17, 15) is 4.79 Å². The number of carbonyl (C=O) groups excluding carboxylic acids is 1. The van der Waals surface area contributed by atoms with Crippen LogP contribution >= 0.6 is 11.6 Å². The monoisotopic (exact) mass is 360 g/mol. The Labute approximate surface area is 152 Å². The number of nitrogens with zero attached hydrogens (tertiary/aromatic N) is 1. The van der Waals surface area contributed by atoms with E-state index >= 15 is 0 Å². The molecule has 5 nitrogen and oxygen atoms in total. The number of ether oxygens (including phenoxy) is 2. The highest BCUT2D eigenvalue weighted by atomic mass is 35.5. The van der Waals surface area contributed by atoms with Crippen molar-refractivity contribution in [3.63, 3.8) is 0 Å². The van der Waals surface area contributed by atoms with Crippen molar-refractivity contribution in [1.29, 1.82) is 0 Å². The Kier molecular flexibility index (Phi) is 6.42. The van der Waals surface area contributed by atoms with Crippen molar-refractivity contribution < 1.29 is 14.3 Å². The number of rotatable bonds is 6. The average molecular weight is 361 g/mol. The second kappa shape index (κ2) is 8.53. The van der Waals surface area contributed by atoms with E-state index in [1.165, 1.54) is 0 Å². The van der Waals surface area contributed by atoms with E-state index in [1.807, 2.05) is 38.1 Å². The van der Waals surface area contributed by atoms with Gasteiger partial charge in [-0.15, -0.1) is 0 Å². The molecule has 0 bridgehead atoms. The lowest BCUT2D eigenvalue weighted by molar-refractivity contribution is -0.127.